The summed E-state index contributed by atoms with van der Waals surface area (Å²) in [6.07, 6.45) is 1.80. The predicted octanol–water partition coefficient (Wildman–Crippen LogP) is 5.26. The van der Waals surface area contributed by atoms with Crippen molar-refractivity contribution in [1.82, 2.24) is 0 Å². The van der Waals surface area contributed by atoms with E-state index in [2.05, 4.69) is 4.99 Å². The van der Waals surface area contributed by atoms with Crippen molar-refractivity contribution in [3.63, 3.8) is 0 Å². The Morgan fingerprint density at radius 3 is 2.35 bits per heavy atom. The van der Waals surface area contributed by atoms with Crippen LogP contribution < -0.4 is 9.47 Å². The molecule has 0 spiro atoms. The molecule has 0 fully saturated rings. The molecule has 3 rings (SSSR count). The monoisotopic (exact) mass is 325 g/mol. The molecule has 0 atom stereocenters. The maximum atomic E-state index is 6.24. The Kier molecular flexibility index (Phi) is 4.49. The smallest absolute Gasteiger partial charge is 0.161 e. The fourth-order valence-electron chi connectivity index (χ4n) is 2.44. The van der Waals surface area contributed by atoms with Crippen molar-refractivity contribution in [3.8, 4) is 11.5 Å². The fourth-order valence-corrected chi connectivity index (χ4v) is 2.66. The largest absolute Gasteiger partial charge is 0.493 e. The molecule has 4 heteroatoms. The summed E-state index contributed by atoms with van der Waals surface area (Å²) in [4.78, 5) is 4.60. The minimum atomic E-state index is 0.678. The summed E-state index contributed by atoms with van der Waals surface area (Å²) in [5, 5.41) is 2.75. The molecule has 3 aromatic rings. The summed E-state index contributed by atoms with van der Waals surface area (Å²) in [5.41, 5.74) is 1.81. The predicted molar refractivity (Wildman–Crippen MR) is 95.8 cm³/mol. The lowest BCUT2D eigenvalue weighted by atomic mass is 10.1. The molecule has 0 radical (unpaired) electrons. The number of methoxy groups -OCH3 is 2. The van der Waals surface area contributed by atoms with Crippen LogP contribution in [0.3, 0.4) is 0 Å². The van der Waals surface area contributed by atoms with Crippen molar-refractivity contribution < 1.29 is 9.47 Å². The lowest BCUT2D eigenvalue weighted by Crippen LogP contribution is -1.92. The average molecular weight is 326 g/mol. The fraction of sp³-hybridized carbons (Fsp3) is 0.105. The van der Waals surface area contributed by atoms with E-state index >= 15 is 0 Å². The highest BCUT2D eigenvalue weighted by atomic mass is 35.5. The van der Waals surface area contributed by atoms with Crippen LogP contribution in [-0.2, 0) is 0 Å². The Morgan fingerprint density at radius 2 is 1.61 bits per heavy atom. The van der Waals surface area contributed by atoms with E-state index in [9.17, 15) is 0 Å². The lowest BCUT2D eigenvalue weighted by Gasteiger charge is -2.07. The van der Waals surface area contributed by atoms with Crippen LogP contribution in [0, 0.1) is 0 Å². The SMILES string of the molecule is COc1ccc(C=Nc2ccc(Cl)c3ccccc23)cc1OC. The molecule has 0 aromatic heterocycles. The first kappa shape index (κ1) is 15.4. The Hall–Kier alpha value is -2.52. The summed E-state index contributed by atoms with van der Waals surface area (Å²) in [7, 11) is 3.23. The Bertz CT molecular complexity index is 874. The molecule has 0 heterocycles. The number of hydrogen-bond acceptors (Lipinski definition) is 3. The minimum absolute atomic E-state index is 0.678. The second-order valence-electron chi connectivity index (χ2n) is 4.98. The van der Waals surface area contributed by atoms with Gasteiger partial charge < -0.3 is 9.47 Å². The maximum absolute atomic E-state index is 6.24. The number of fused-ring (bicyclic) bond motifs is 1. The number of ether oxygens (including phenoxy) is 2. The molecular weight excluding hydrogens is 310 g/mol. The molecule has 0 bridgehead atoms. The van der Waals surface area contributed by atoms with Gasteiger partial charge in [-0.3, -0.25) is 4.99 Å². The second kappa shape index (κ2) is 6.71. The standard InChI is InChI=1S/C19H16ClNO2/c1-22-18-10-7-13(11-19(18)23-2)12-21-17-9-8-16(20)14-5-3-4-6-15(14)17/h3-12H,1-2H3. The number of hydrogen-bond donors (Lipinski definition) is 0. The van der Waals surface area contributed by atoms with E-state index in [-0.39, 0.29) is 0 Å². The summed E-state index contributed by atoms with van der Waals surface area (Å²) in [6, 6.07) is 17.4. The van der Waals surface area contributed by atoms with Crippen molar-refractivity contribution in [2.45, 2.75) is 0 Å². The summed E-state index contributed by atoms with van der Waals surface area (Å²) >= 11 is 6.24. The molecule has 0 aliphatic carbocycles. The van der Waals surface area contributed by atoms with Gasteiger partial charge in [-0.2, -0.15) is 0 Å². The summed E-state index contributed by atoms with van der Waals surface area (Å²) < 4.78 is 10.6. The van der Waals surface area contributed by atoms with Crippen LogP contribution in [0.1, 0.15) is 5.56 Å². The highest BCUT2D eigenvalue weighted by molar-refractivity contribution is 6.36. The lowest BCUT2D eigenvalue weighted by molar-refractivity contribution is 0.355. The van der Waals surface area contributed by atoms with Crippen molar-refractivity contribution >= 4 is 34.3 Å². The van der Waals surface area contributed by atoms with Crippen LogP contribution >= 0.6 is 11.6 Å². The van der Waals surface area contributed by atoms with Gasteiger partial charge in [0.25, 0.3) is 0 Å². The average Bonchev–Trinajstić information content (AvgIpc) is 2.61. The van der Waals surface area contributed by atoms with Crippen molar-refractivity contribution in [2.24, 2.45) is 4.99 Å². The van der Waals surface area contributed by atoms with Gasteiger partial charge in [-0.25, -0.2) is 0 Å². The Labute approximate surface area is 140 Å². The van der Waals surface area contributed by atoms with Gasteiger partial charge in [0.2, 0.25) is 0 Å². The highest BCUT2D eigenvalue weighted by Gasteiger charge is 2.05. The molecule has 0 saturated carbocycles. The first-order chi connectivity index (χ1) is 11.2. The highest BCUT2D eigenvalue weighted by Crippen LogP contribution is 2.32. The van der Waals surface area contributed by atoms with E-state index in [0.717, 1.165) is 27.0 Å². The topological polar surface area (TPSA) is 30.8 Å². The van der Waals surface area contributed by atoms with Gasteiger partial charge >= 0.3 is 0 Å². The zero-order valence-electron chi connectivity index (χ0n) is 12.9. The molecule has 0 saturated heterocycles. The molecule has 0 aliphatic rings. The molecule has 0 amide bonds. The second-order valence-corrected chi connectivity index (χ2v) is 5.39. The van der Waals surface area contributed by atoms with Crippen molar-refractivity contribution in [1.29, 1.82) is 0 Å². The summed E-state index contributed by atoms with van der Waals surface area (Å²) in [6.45, 7) is 0. The van der Waals surface area contributed by atoms with Crippen molar-refractivity contribution in [2.75, 3.05) is 14.2 Å². The van der Waals surface area contributed by atoms with Gasteiger partial charge in [0.1, 0.15) is 0 Å². The van der Waals surface area contributed by atoms with Crippen LogP contribution in [0.4, 0.5) is 5.69 Å². The van der Waals surface area contributed by atoms with Crippen LogP contribution in [0.15, 0.2) is 59.6 Å². The Balaban J connectivity index is 1.99. The van der Waals surface area contributed by atoms with Gasteiger partial charge in [-0.1, -0.05) is 35.9 Å². The third-order valence-corrected chi connectivity index (χ3v) is 3.94. The first-order valence-electron chi connectivity index (χ1n) is 7.16. The quantitative estimate of drug-likeness (QED) is 0.612. The number of halogens is 1. The zero-order valence-corrected chi connectivity index (χ0v) is 13.7. The normalized spacial score (nSPS) is 11.1. The minimum Gasteiger partial charge on any atom is -0.493 e. The van der Waals surface area contributed by atoms with Crippen LogP contribution in [0.5, 0.6) is 11.5 Å². The molecular formula is C19H16ClNO2. The van der Waals surface area contributed by atoms with E-state index in [0.29, 0.717) is 11.5 Å². The maximum Gasteiger partial charge on any atom is 0.161 e. The number of benzene rings is 3. The van der Waals surface area contributed by atoms with E-state index in [1.807, 2.05) is 54.6 Å². The number of rotatable bonds is 4. The summed E-state index contributed by atoms with van der Waals surface area (Å²) in [5.74, 6) is 1.37. The van der Waals surface area contributed by atoms with E-state index in [4.69, 9.17) is 21.1 Å². The first-order valence-corrected chi connectivity index (χ1v) is 7.54. The Morgan fingerprint density at radius 1 is 0.870 bits per heavy atom. The molecule has 0 aliphatic heterocycles. The molecule has 3 aromatic carbocycles. The van der Waals surface area contributed by atoms with Gasteiger partial charge in [0, 0.05) is 22.0 Å². The molecule has 3 nitrogen and oxygen atoms in total. The van der Waals surface area contributed by atoms with E-state index in [1.165, 1.54) is 0 Å². The van der Waals surface area contributed by atoms with Crippen LogP contribution in [0.2, 0.25) is 5.02 Å². The van der Waals surface area contributed by atoms with Crippen LogP contribution in [-0.4, -0.2) is 20.4 Å². The van der Waals surface area contributed by atoms with Gasteiger partial charge in [0.05, 0.1) is 19.9 Å². The third kappa shape index (κ3) is 3.15. The van der Waals surface area contributed by atoms with Gasteiger partial charge in [-0.15, -0.1) is 0 Å². The van der Waals surface area contributed by atoms with Crippen molar-refractivity contribution in [3.05, 3.63) is 65.2 Å². The van der Waals surface area contributed by atoms with Gasteiger partial charge in [0.15, 0.2) is 11.5 Å². The molecule has 23 heavy (non-hydrogen) atoms. The van der Waals surface area contributed by atoms with Gasteiger partial charge in [-0.05, 0) is 35.9 Å². The van der Waals surface area contributed by atoms with Crippen LogP contribution in [0.25, 0.3) is 10.8 Å². The van der Waals surface area contributed by atoms with E-state index < -0.39 is 0 Å². The molecule has 0 N–H and O–H groups in total. The molecule has 116 valence electrons. The third-order valence-electron chi connectivity index (χ3n) is 3.61. The van der Waals surface area contributed by atoms with E-state index in [1.54, 1.807) is 20.4 Å². The number of aliphatic imine (C=N–C) groups is 1. The molecule has 0 unspecified atom stereocenters. The number of nitrogens with zero attached hydrogens (tertiary/aromatic N) is 1. The zero-order chi connectivity index (χ0) is 16.2.